The van der Waals surface area contributed by atoms with Gasteiger partial charge in [-0.25, -0.2) is 4.21 Å². The first-order chi connectivity index (χ1) is 7.39. The number of fused-ring (bicyclic) bond motifs is 1. The predicted octanol–water partition coefficient (Wildman–Crippen LogP) is 2.28. The Balaban J connectivity index is 2.80. The van der Waals surface area contributed by atoms with E-state index in [-0.39, 0.29) is 0 Å². The minimum absolute atomic E-state index is 0.322. The normalized spacial score (nSPS) is 14.9. The van der Waals surface area contributed by atoms with Crippen LogP contribution in [0.25, 0.3) is 10.8 Å². The standard InChI is InChI=1S/C12H13NO2S/c1-8-3-4-9-7-10(16(2,14)15)5-6-11(9)12(8)13/h3-7H,2,13H2,1H3,(H,14,15). The van der Waals surface area contributed by atoms with Crippen LogP contribution in [0, 0.1) is 6.92 Å². The molecular formula is C12H13NO2S. The van der Waals surface area contributed by atoms with Crippen LogP contribution in [0.3, 0.4) is 0 Å². The summed E-state index contributed by atoms with van der Waals surface area (Å²) in [5.41, 5.74) is 7.63. The molecule has 3 N–H and O–H groups in total. The molecule has 0 fully saturated rings. The topological polar surface area (TPSA) is 63.3 Å². The highest BCUT2D eigenvalue weighted by molar-refractivity contribution is 7.95. The summed E-state index contributed by atoms with van der Waals surface area (Å²) in [7, 11) is -3.16. The summed E-state index contributed by atoms with van der Waals surface area (Å²) >= 11 is 0. The van der Waals surface area contributed by atoms with Crippen molar-refractivity contribution in [2.75, 3.05) is 5.73 Å². The van der Waals surface area contributed by atoms with Crippen LogP contribution in [-0.4, -0.2) is 14.6 Å². The van der Waals surface area contributed by atoms with Gasteiger partial charge < -0.3 is 10.3 Å². The molecule has 1 atom stereocenters. The van der Waals surface area contributed by atoms with Crippen molar-refractivity contribution in [2.24, 2.45) is 0 Å². The fourth-order valence-electron chi connectivity index (χ4n) is 1.64. The van der Waals surface area contributed by atoms with Crippen molar-refractivity contribution in [1.29, 1.82) is 0 Å². The van der Waals surface area contributed by atoms with E-state index >= 15 is 0 Å². The third-order valence-corrected chi connectivity index (χ3v) is 3.61. The van der Waals surface area contributed by atoms with Gasteiger partial charge in [-0.05, 0) is 35.9 Å². The zero-order valence-corrected chi connectivity index (χ0v) is 9.75. The molecule has 0 bridgehead atoms. The third-order valence-electron chi connectivity index (χ3n) is 2.62. The number of rotatable bonds is 1. The molecule has 2 aromatic rings. The number of hydrogen-bond acceptors (Lipinski definition) is 2. The number of aryl methyl sites for hydroxylation is 1. The molecule has 2 rings (SSSR count). The Labute approximate surface area is 94.7 Å². The summed E-state index contributed by atoms with van der Waals surface area (Å²) in [6, 6.07) is 8.78. The molecule has 2 aromatic carbocycles. The fraction of sp³-hybridized carbons (Fsp3) is 0.0833. The van der Waals surface area contributed by atoms with Crippen LogP contribution in [0.1, 0.15) is 5.56 Å². The average Bonchev–Trinajstić information content (AvgIpc) is 2.22. The number of benzene rings is 2. The van der Waals surface area contributed by atoms with Gasteiger partial charge in [0.05, 0.1) is 4.90 Å². The van der Waals surface area contributed by atoms with E-state index in [0.29, 0.717) is 10.6 Å². The summed E-state index contributed by atoms with van der Waals surface area (Å²) < 4.78 is 20.8. The highest BCUT2D eigenvalue weighted by atomic mass is 32.2. The van der Waals surface area contributed by atoms with Gasteiger partial charge in [0.15, 0.2) is 0 Å². The molecule has 1 unspecified atom stereocenters. The Morgan fingerprint density at radius 1 is 1.31 bits per heavy atom. The summed E-state index contributed by atoms with van der Waals surface area (Å²) in [5, 5.41) is 1.75. The maximum absolute atomic E-state index is 11.4. The molecule has 0 aliphatic rings. The molecule has 0 aromatic heterocycles. The van der Waals surface area contributed by atoms with Gasteiger partial charge in [-0.1, -0.05) is 18.2 Å². The molecule has 0 saturated carbocycles. The van der Waals surface area contributed by atoms with Gasteiger partial charge in [-0.2, -0.15) is 0 Å². The molecule has 0 saturated heterocycles. The molecule has 0 spiro atoms. The maximum atomic E-state index is 11.4. The lowest BCUT2D eigenvalue weighted by molar-refractivity contribution is 0.560. The first-order valence-electron chi connectivity index (χ1n) is 4.78. The highest BCUT2D eigenvalue weighted by Gasteiger charge is 2.06. The van der Waals surface area contributed by atoms with Gasteiger partial charge in [-0.15, -0.1) is 0 Å². The van der Waals surface area contributed by atoms with Crippen LogP contribution in [0.15, 0.2) is 35.2 Å². The first kappa shape index (κ1) is 11.0. The van der Waals surface area contributed by atoms with E-state index in [1.54, 1.807) is 18.2 Å². The lowest BCUT2D eigenvalue weighted by atomic mass is 10.1. The quantitative estimate of drug-likeness (QED) is 0.588. The summed E-state index contributed by atoms with van der Waals surface area (Å²) in [6.07, 6.45) is 0. The van der Waals surface area contributed by atoms with Crippen molar-refractivity contribution >= 4 is 32.1 Å². The van der Waals surface area contributed by atoms with Gasteiger partial charge in [0.1, 0.15) is 9.80 Å². The summed E-state index contributed by atoms with van der Waals surface area (Å²) in [6.45, 7) is 1.93. The van der Waals surface area contributed by atoms with E-state index in [0.717, 1.165) is 16.3 Å². The lowest BCUT2D eigenvalue weighted by Gasteiger charge is -2.08. The van der Waals surface area contributed by atoms with Crippen LogP contribution in [0.4, 0.5) is 5.69 Å². The van der Waals surface area contributed by atoms with Gasteiger partial charge >= 0.3 is 0 Å². The Morgan fingerprint density at radius 2 is 2.00 bits per heavy atom. The highest BCUT2D eigenvalue weighted by Crippen LogP contribution is 2.26. The second-order valence-corrected chi connectivity index (χ2v) is 5.57. The number of nitrogens with two attached hydrogens (primary N) is 1. The van der Waals surface area contributed by atoms with E-state index in [4.69, 9.17) is 5.73 Å². The van der Waals surface area contributed by atoms with E-state index in [2.05, 4.69) is 5.87 Å². The predicted molar refractivity (Wildman–Crippen MR) is 69.3 cm³/mol. The summed E-state index contributed by atoms with van der Waals surface area (Å²) in [5.74, 6) is 3.24. The fourth-order valence-corrected chi connectivity index (χ4v) is 2.23. The monoisotopic (exact) mass is 235 g/mol. The number of nitrogen functional groups attached to an aromatic ring is 1. The van der Waals surface area contributed by atoms with Crippen molar-refractivity contribution in [3.05, 3.63) is 35.9 Å². The lowest BCUT2D eigenvalue weighted by Crippen LogP contribution is -1.98. The SMILES string of the molecule is C=S(=O)(O)c1ccc2c(N)c(C)ccc2c1. The molecule has 84 valence electrons. The van der Waals surface area contributed by atoms with Crippen molar-refractivity contribution < 1.29 is 8.76 Å². The molecule has 0 heterocycles. The van der Waals surface area contributed by atoms with Gasteiger partial charge in [0.2, 0.25) is 0 Å². The molecule has 0 aliphatic carbocycles. The van der Waals surface area contributed by atoms with E-state index in [9.17, 15) is 8.76 Å². The molecular weight excluding hydrogens is 222 g/mol. The zero-order valence-electron chi connectivity index (χ0n) is 8.93. The maximum Gasteiger partial charge on any atom is 0.104 e. The third kappa shape index (κ3) is 1.77. The second kappa shape index (κ2) is 3.50. The minimum Gasteiger partial charge on any atom is -0.398 e. The van der Waals surface area contributed by atoms with Gasteiger partial charge in [0.25, 0.3) is 0 Å². The van der Waals surface area contributed by atoms with Crippen LogP contribution >= 0.6 is 0 Å². The van der Waals surface area contributed by atoms with E-state index in [1.165, 1.54) is 0 Å². The van der Waals surface area contributed by atoms with Crippen molar-refractivity contribution in [3.8, 4) is 0 Å². The van der Waals surface area contributed by atoms with Crippen LogP contribution in [0.2, 0.25) is 0 Å². The zero-order chi connectivity index (χ0) is 11.9. The minimum atomic E-state index is -3.16. The summed E-state index contributed by atoms with van der Waals surface area (Å²) in [4.78, 5) is 0.322. The van der Waals surface area contributed by atoms with Crippen molar-refractivity contribution in [1.82, 2.24) is 0 Å². The van der Waals surface area contributed by atoms with E-state index in [1.807, 2.05) is 19.1 Å². The Morgan fingerprint density at radius 3 is 2.62 bits per heavy atom. The number of anilines is 1. The van der Waals surface area contributed by atoms with Crippen LogP contribution in [0.5, 0.6) is 0 Å². The van der Waals surface area contributed by atoms with Crippen LogP contribution in [-0.2, 0) is 9.80 Å². The van der Waals surface area contributed by atoms with Gasteiger partial charge in [-0.3, -0.25) is 0 Å². The number of hydrogen-bond donors (Lipinski definition) is 2. The molecule has 0 amide bonds. The Bertz CT molecular complexity index is 660. The van der Waals surface area contributed by atoms with Crippen molar-refractivity contribution in [2.45, 2.75) is 11.8 Å². The molecule has 16 heavy (non-hydrogen) atoms. The Hall–Kier alpha value is -1.52. The average molecular weight is 235 g/mol. The van der Waals surface area contributed by atoms with Crippen molar-refractivity contribution in [3.63, 3.8) is 0 Å². The molecule has 0 radical (unpaired) electrons. The van der Waals surface area contributed by atoms with E-state index < -0.39 is 9.80 Å². The van der Waals surface area contributed by atoms with Gasteiger partial charge in [0, 0.05) is 11.1 Å². The van der Waals surface area contributed by atoms with Crippen LogP contribution < -0.4 is 5.73 Å². The first-order valence-corrected chi connectivity index (χ1v) is 6.46. The Kier molecular flexibility index (Phi) is 2.40. The smallest absolute Gasteiger partial charge is 0.104 e. The second-order valence-electron chi connectivity index (χ2n) is 3.82. The molecule has 0 aliphatic heterocycles. The molecule has 4 heteroatoms. The molecule has 3 nitrogen and oxygen atoms in total. The largest absolute Gasteiger partial charge is 0.398 e.